The molecule has 140 valence electrons. The standard InChI is InChI=1S/C21H23N3O3/c22-19(25)15-5-7-16(8-6-15)20(26)23-18-11-9-17(10-12-18)21(27)24-13-3-1-2-4-14-24/h5-12H,1-4,13-14H2,(H2,22,25)(H,23,26). The number of carbonyl (C=O) groups is 3. The predicted molar refractivity (Wildman–Crippen MR) is 104 cm³/mol. The average Bonchev–Trinajstić information content (AvgIpc) is 2.97. The van der Waals surface area contributed by atoms with E-state index in [2.05, 4.69) is 5.32 Å². The molecule has 1 saturated heterocycles. The Labute approximate surface area is 158 Å². The number of hydrogen-bond acceptors (Lipinski definition) is 3. The van der Waals surface area contributed by atoms with E-state index in [1.165, 1.54) is 25.0 Å². The minimum atomic E-state index is -0.536. The van der Waals surface area contributed by atoms with Crippen LogP contribution in [0.15, 0.2) is 48.5 Å². The number of likely N-dealkylation sites (tertiary alicyclic amines) is 1. The van der Waals surface area contributed by atoms with Crippen molar-refractivity contribution in [3.05, 3.63) is 65.2 Å². The largest absolute Gasteiger partial charge is 0.366 e. The molecule has 1 aliphatic heterocycles. The highest BCUT2D eigenvalue weighted by Crippen LogP contribution is 2.16. The zero-order valence-electron chi connectivity index (χ0n) is 15.1. The first-order chi connectivity index (χ1) is 13.0. The number of primary amides is 1. The number of nitrogens with two attached hydrogens (primary N) is 1. The number of hydrogen-bond donors (Lipinski definition) is 2. The van der Waals surface area contributed by atoms with Crippen molar-refractivity contribution < 1.29 is 14.4 Å². The Morgan fingerprint density at radius 2 is 1.26 bits per heavy atom. The quantitative estimate of drug-likeness (QED) is 0.872. The van der Waals surface area contributed by atoms with Crippen LogP contribution in [-0.2, 0) is 0 Å². The highest BCUT2D eigenvalue weighted by molar-refractivity contribution is 6.05. The summed E-state index contributed by atoms with van der Waals surface area (Å²) in [6.45, 7) is 1.61. The van der Waals surface area contributed by atoms with Crippen molar-refractivity contribution in [3.63, 3.8) is 0 Å². The van der Waals surface area contributed by atoms with Gasteiger partial charge in [-0.05, 0) is 61.4 Å². The highest BCUT2D eigenvalue weighted by Gasteiger charge is 2.17. The molecule has 0 aromatic heterocycles. The van der Waals surface area contributed by atoms with Gasteiger partial charge in [0, 0.05) is 35.5 Å². The summed E-state index contributed by atoms with van der Waals surface area (Å²) in [6.07, 6.45) is 4.45. The summed E-state index contributed by atoms with van der Waals surface area (Å²) >= 11 is 0. The molecule has 0 bridgehead atoms. The van der Waals surface area contributed by atoms with Gasteiger partial charge in [0.15, 0.2) is 0 Å². The van der Waals surface area contributed by atoms with Crippen LogP contribution in [0, 0.1) is 0 Å². The van der Waals surface area contributed by atoms with Crippen LogP contribution in [0.25, 0.3) is 0 Å². The van der Waals surface area contributed by atoms with Gasteiger partial charge in [-0.25, -0.2) is 0 Å². The summed E-state index contributed by atoms with van der Waals surface area (Å²) < 4.78 is 0. The normalized spacial score (nSPS) is 14.3. The zero-order chi connectivity index (χ0) is 19.2. The van der Waals surface area contributed by atoms with Crippen molar-refractivity contribution in [2.75, 3.05) is 18.4 Å². The fourth-order valence-corrected chi connectivity index (χ4v) is 3.14. The average molecular weight is 365 g/mol. The van der Waals surface area contributed by atoms with Crippen molar-refractivity contribution in [2.24, 2.45) is 5.73 Å². The van der Waals surface area contributed by atoms with E-state index < -0.39 is 5.91 Å². The molecule has 27 heavy (non-hydrogen) atoms. The first-order valence-corrected chi connectivity index (χ1v) is 9.15. The first-order valence-electron chi connectivity index (χ1n) is 9.15. The molecular formula is C21H23N3O3. The first kappa shape index (κ1) is 18.6. The SMILES string of the molecule is NC(=O)c1ccc(C(=O)Nc2ccc(C(=O)N3CCCCCC3)cc2)cc1. The molecule has 2 aromatic rings. The van der Waals surface area contributed by atoms with Crippen LogP contribution in [0.2, 0.25) is 0 Å². The van der Waals surface area contributed by atoms with Crippen molar-refractivity contribution >= 4 is 23.4 Å². The van der Waals surface area contributed by atoms with Crippen LogP contribution in [0.3, 0.4) is 0 Å². The van der Waals surface area contributed by atoms with E-state index in [-0.39, 0.29) is 11.8 Å². The number of benzene rings is 2. The highest BCUT2D eigenvalue weighted by atomic mass is 16.2. The van der Waals surface area contributed by atoms with Gasteiger partial charge in [-0.1, -0.05) is 12.8 Å². The monoisotopic (exact) mass is 365 g/mol. The van der Waals surface area contributed by atoms with Crippen molar-refractivity contribution in [1.82, 2.24) is 4.90 Å². The Balaban J connectivity index is 1.63. The third-order valence-electron chi connectivity index (χ3n) is 4.71. The van der Waals surface area contributed by atoms with Gasteiger partial charge in [-0.3, -0.25) is 14.4 Å². The molecule has 0 unspecified atom stereocenters. The second-order valence-electron chi connectivity index (χ2n) is 6.68. The second kappa shape index (κ2) is 8.49. The zero-order valence-corrected chi connectivity index (χ0v) is 15.1. The molecule has 0 aliphatic carbocycles. The van der Waals surface area contributed by atoms with E-state index in [4.69, 9.17) is 5.73 Å². The third kappa shape index (κ3) is 4.73. The van der Waals surface area contributed by atoms with Gasteiger partial charge in [0.25, 0.3) is 11.8 Å². The molecule has 1 heterocycles. The Bertz CT molecular complexity index is 821. The third-order valence-corrected chi connectivity index (χ3v) is 4.71. The lowest BCUT2D eigenvalue weighted by Crippen LogP contribution is -2.31. The molecule has 1 fully saturated rings. The summed E-state index contributed by atoms with van der Waals surface area (Å²) in [6, 6.07) is 13.0. The van der Waals surface area contributed by atoms with Crippen LogP contribution in [-0.4, -0.2) is 35.7 Å². The van der Waals surface area contributed by atoms with E-state index in [9.17, 15) is 14.4 Å². The molecule has 6 nitrogen and oxygen atoms in total. The van der Waals surface area contributed by atoms with E-state index in [1.807, 2.05) is 4.90 Å². The van der Waals surface area contributed by atoms with Gasteiger partial charge in [-0.2, -0.15) is 0 Å². The fraction of sp³-hybridized carbons (Fsp3) is 0.286. The smallest absolute Gasteiger partial charge is 0.255 e. The molecule has 3 N–H and O–H groups in total. The fourth-order valence-electron chi connectivity index (χ4n) is 3.14. The summed E-state index contributed by atoms with van der Waals surface area (Å²) in [5.74, 6) is -0.791. The second-order valence-corrected chi connectivity index (χ2v) is 6.68. The van der Waals surface area contributed by atoms with E-state index in [1.54, 1.807) is 36.4 Å². The van der Waals surface area contributed by atoms with Crippen LogP contribution in [0.5, 0.6) is 0 Å². The van der Waals surface area contributed by atoms with Gasteiger partial charge >= 0.3 is 0 Å². The molecule has 3 rings (SSSR count). The molecule has 0 saturated carbocycles. The maximum atomic E-state index is 12.6. The van der Waals surface area contributed by atoms with Crippen LogP contribution in [0.1, 0.15) is 56.8 Å². The topological polar surface area (TPSA) is 92.5 Å². The van der Waals surface area contributed by atoms with Gasteiger partial charge in [0.05, 0.1) is 0 Å². The number of nitrogens with one attached hydrogen (secondary N) is 1. The molecule has 6 heteroatoms. The maximum Gasteiger partial charge on any atom is 0.255 e. The minimum absolute atomic E-state index is 0.0387. The lowest BCUT2D eigenvalue weighted by atomic mass is 10.1. The Kier molecular flexibility index (Phi) is 5.86. The van der Waals surface area contributed by atoms with Gasteiger partial charge < -0.3 is 16.0 Å². The summed E-state index contributed by atoms with van der Waals surface area (Å²) in [7, 11) is 0. The van der Waals surface area contributed by atoms with Gasteiger partial charge in [0.2, 0.25) is 5.91 Å². The molecule has 0 atom stereocenters. The maximum absolute atomic E-state index is 12.6. The van der Waals surface area contributed by atoms with Crippen molar-refractivity contribution in [2.45, 2.75) is 25.7 Å². The van der Waals surface area contributed by atoms with E-state index in [0.29, 0.717) is 22.4 Å². The van der Waals surface area contributed by atoms with Crippen molar-refractivity contribution in [3.8, 4) is 0 Å². The Hall–Kier alpha value is -3.15. The van der Waals surface area contributed by atoms with Crippen LogP contribution in [0.4, 0.5) is 5.69 Å². The summed E-state index contributed by atoms with van der Waals surface area (Å²) in [4.78, 5) is 37.9. The van der Waals surface area contributed by atoms with Crippen LogP contribution >= 0.6 is 0 Å². The molecule has 0 spiro atoms. The Morgan fingerprint density at radius 3 is 1.81 bits per heavy atom. The number of anilines is 1. The number of carbonyl (C=O) groups excluding carboxylic acids is 3. The lowest BCUT2D eigenvalue weighted by molar-refractivity contribution is 0.0761. The van der Waals surface area contributed by atoms with Gasteiger partial charge in [-0.15, -0.1) is 0 Å². The molecule has 2 aromatic carbocycles. The predicted octanol–water partition coefficient (Wildman–Crippen LogP) is 3.05. The summed E-state index contributed by atoms with van der Waals surface area (Å²) in [5.41, 5.74) is 7.19. The molecule has 3 amide bonds. The van der Waals surface area contributed by atoms with E-state index >= 15 is 0 Å². The van der Waals surface area contributed by atoms with Crippen LogP contribution < -0.4 is 11.1 Å². The number of nitrogens with zero attached hydrogens (tertiary/aromatic N) is 1. The molecule has 1 aliphatic rings. The van der Waals surface area contributed by atoms with Gasteiger partial charge in [0.1, 0.15) is 0 Å². The van der Waals surface area contributed by atoms with E-state index in [0.717, 1.165) is 25.9 Å². The van der Waals surface area contributed by atoms with Crippen molar-refractivity contribution in [1.29, 1.82) is 0 Å². The lowest BCUT2D eigenvalue weighted by Gasteiger charge is -2.20. The molecular weight excluding hydrogens is 342 g/mol. The minimum Gasteiger partial charge on any atom is -0.366 e. The number of amides is 3. The summed E-state index contributed by atoms with van der Waals surface area (Å²) in [5, 5.41) is 2.78. The number of rotatable bonds is 4. The molecule has 0 radical (unpaired) electrons. The Morgan fingerprint density at radius 1 is 0.741 bits per heavy atom.